The van der Waals surface area contributed by atoms with Crippen LogP contribution in [0, 0.1) is 0 Å². The summed E-state index contributed by atoms with van der Waals surface area (Å²) in [5, 5.41) is 2.95. The third kappa shape index (κ3) is 2.06. The molecule has 2 nitrogen and oxygen atoms in total. The lowest BCUT2D eigenvalue weighted by Gasteiger charge is -2.25. The molecule has 0 atom stereocenters. The minimum Gasteiger partial charge on any atom is -0.351 e. The summed E-state index contributed by atoms with van der Waals surface area (Å²) in [4.78, 5) is 11.5. The number of fused-ring (bicyclic) bond motifs is 2. The third-order valence-corrected chi connectivity index (χ3v) is 3.69. The number of carbonyl (C=O) groups is 1. The fourth-order valence-electron chi connectivity index (χ4n) is 2.24. The summed E-state index contributed by atoms with van der Waals surface area (Å²) in [6, 6.07) is 7.97. The first-order valence-electron chi connectivity index (χ1n) is 6.23. The van der Waals surface area contributed by atoms with Crippen LogP contribution in [0.2, 0.25) is 0 Å². The van der Waals surface area contributed by atoms with Crippen LogP contribution in [-0.4, -0.2) is 18.6 Å². The average molecular weight is 233 g/mol. The zero-order valence-corrected chi connectivity index (χ0v) is 9.71. The molecule has 0 unspecified atom stereocenters. The van der Waals surface area contributed by atoms with E-state index in [1.54, 1.807) is 0 Å². The molecular weight excluding hydrogens is 217 g/mol. The number of rotatable bonds is 0. The van der Waals surface area contributed by atoms with Gasteiger partial charge in [-0.05, 0) is 37.3 Å². The fraction of sp³-hybridized carbons (Fsp3) is 0.500. The molecule has 3 heteroatoms. The predicted molar refractivity (Wildman–Crippen MR) is 63.8 cm³/mol. The predicted octanol–water partition coefficient (Wildman–Crippen LogP) is 2.58. The van der Waals surface area contributed by atoms with Crippen LogP contribution >= 0.6 is 0 Å². The van der Waals surface area contributed by atoms with E-state index >= 15 is 0 Å². The van der Waals surface area contributed by atoms with Crippen molar-refractivity contribution >= 4 is 5.91 Å². The van der Waals surface area contributed by atoms with E-state index in [4.69, 9.17) is 0 Å². The fourth-order valence-corrected chi connectivity index (χ4v) is 2.24. The molecule has 1 N–H and O–H groups in total. The Balaban J connectivity index is 0.000000193. The molecule has 2 aliphatic carbocycles. The lowest BCUT2D eigenvalue weighted by atomic mass is 9.88. The lowest BCUT2D eigenvalue weighted by molar-refractivity contribution is 0.0937. The van der Waals surface area contributed by atoms with Crippen molar-refractivity contribution in [3.63, 3.8) is 0 Å². The molecule has 1 spiro atoms. The molecule has 3 aliphatic rings. The number of amides is 1. The maximum Gasteiger partial charge on any atom is 0.251 e. The number of hydrogen-bond donors (Lipinski definition) is 1. The molecule has 1 aliphatic heterocycles. The lowest BCUT2D eigenvalue weighted by Crippen LogP contribution is -2.39. The summed E-state index contributed by atoms with van der Waals surface area (Å²) in [5.74, 6) is 0.0909. The van der Waals surface area contributed by atoms with Crippen LogP contribution in [0.15, 0.2) is 24.3 Å². The van der Waals surface area contributed by atoms with Crippen LogP contribution < -0.4 is 5.32 Å². The van der Waals surface area contributed by atoms with Crippen molar-refractivity contribution in [1.82, 2.24) is 5.32 Å². The van der Waals surface area contributed by atoms with Crippen molar-refractivity contribution in [3.05, 3.63) is 35.4 Å². The van der Waals surface area contributed by atoms with Crippen molar-refractivity contribution in [3.8, 4) is 0 Å². The molecule has 17 heavy (non-hydrogen) atoms. The number of nitrogens with one attached hydrogen (secondary N) is 1. The maximum absolute atomic E-state index is 11.5. The Bertz CT molecular complexity index is 449. The third-order valence-electron chi connectivity index (χ3n) is 3.69. The summed E-state index contributed by atoms with van der Waals surface area (Å²) in [6.45, 7) is 0.836. The highest BCUT2D eigenvalue weighted by atomic mass is 19.1. The van der Waals surface area contributed by atoms with Gasteiger partial charge >= 0.3 is 0 Å². The van der Waals surface area contributed by atoms with Gasteiger partial charge in [0.2, 0.25) is 0 Å². The van der Waals surface area contributed by atoms with E-state index in [0.717, 1.165) is 24.9 Å². The van der Waals surface area contributed by atoms with Crippen molar-refractivity contribution in [1.29, 1.82) is 0 Å². The molecule has 0 aromatic heterocycles. The summed E-state index contributed by atoms with van der Waals surface area (Å²) < 4.78 is 11.1. The highest BCUT2D eigenvalue weighted by Gasteiger charge is 2.48. The molecule has 1 amide bonds. The number of halogens is 1. The van der Waals surface area contributed by atoms with Gasteiger partial charge in [0.15, 0.2) is 0 Å². The van der Waals surface area contributed by atoms with Crippen LogP contribution in [0.3, 0.4) is 0 Å². The second kappa shape index (κ2) is 3.83. The number of carbonyl (C=O) groups excluding carboxylic acids is 1. The van der Waals surface area contributed by atoms with Gasteiger partial charge in [-0.2, -0.15) is 0 Å². The van der Waals surface area contributed by atoms with Gasteiger partial charge in [-0.15, -0.1) is 0 Å². The van der Waals surface area contributed by atoms with Gasteiger partial charge < -0.3 is 5.32 Å². The van der Waals surface area contributed by atoms with Gasteiger partial charge in [-0.3, -0.25) is 4.79 Å². The molecule has 1 aromatic rings. The first-order valence-corrected chi connectivity index (χ1v) is 6.23. The number of benzene rings is 1. The Labute approximate surface area is 100 Å². The Morgan fingerprint density at radius 1 is 1.24 bits per heavy atom. The van der Waals surface area contributed by atoms with Gasteiger partial charge in [0, 0.05) is 17.5 Å². The molecule has 0 radical (unpaired) electrons. The Kier molecular flexibility index (Phi) is 2.42. The summed E-state index contributed by atoms with van der Waals surface area (Å²) >= 11 is 0. The van der Waals surface area contributed by atoms with Crippen molar-refractivity contribution in [2.45, 2.75) is 37.3 Å². The molecule has 4 rings (SSSR count). The molecule has 90 valence electrons. The Morgan fingerprint density at radius 3 is 2.47 bits per heavy atom. The van der Waals surface area contributed by atoms with E-state index in [2.05, 4.69) is 11.4 Å². The topological polar surface area (TPSA) is 29.1 Å². The van der Waals surface area contributed by atoms with E-state index in [-0.39, 0.29) is 5.91 Å². The first kappa shape index (κ1) is 10.8. The van der Waals surface area contributed by atoms with E-state index < -0.39 is 6.17 Å². The smallest absolute Gasteiger partial charge is 0.251 e. The Morgan fingerprint density at radius 2 is 1.88 bits per heavy atom. The van der Waals surface area contributed by atoms with Crippen molar-refractivity contribution in [2.75, 3.05) is 6.54 Å². The highest BCUT2D eigenvalue weighted by molar-refractivity contribution is 5.97. The summed E-state index contributed by atoms with van der Waals surface area (Å²) in [6.07, 6.45) is 3.68. The molecular formula is C14H16FNO. The first-order chi connectivity index (χ1) is 8.21. The van der Waals surface area contributed by atoms with Crippen molar-refractivity contribution in [2.24, 2.45) is 0 Å². The SMILES string of the molecule is FC1CC1.O=C1NCC2(CC2)c2ccccc21. The molecule has 2 saturated carbocycles. The van der Waals surface area contributed by atoms with Gasteiger partial charge in [-0.25, -0.2) is 4.39 Å². The molecule has 0 saturated heterocycles. The summed E-state index contributed by atoms with van der Waals surface area (Å²) in [5.41, 5.74) is 2.45. The largest absolute Gasteiger partial charge is 0.351 e. The molecule has 0 bridgehead atoms. The highest BCUT2D eigenvalue weighted by Crippen LogP contribution is 2.50. The van der Waals surface area contributed by atoms with E-state index in [1.165, 1.54) is 18.4 Å². The quantitative estimate of drug-likeness (QED) is 0.733. The molecule has 2 fully saturated rings. The van der Waals surface area contributed by atoms with Crippen LogP contribution in [0.4, 0.5) is 4.39 Å². The van der Waals surface area contributed by atoms with Gasteiger partial charge in [0.1, 0.15) is 6.17 Å². The zero-order valence-electron chi connectivity index (χ0n) is 9.71. The minimum atomic E-state index is -0.417. The zero-order chi connectivity index (χ0) is 11.9. The number of hydrogen-bond acceptors (Lipinski definition) is 1. The van der Waals surface area contributed by atoms with E-state index in [0.29, 0.717) is 5.41 Å². The standard InChI is InChI=1S/C11H11NO.C3H5F/c13-10-8-3-1-2-4-9(8)11(5-6-11)7-12-10;4-3-1-2-3/h1-4H,5-7H2,(H,12,13);3H,1-2H2. The number of alkyl halides is 1. The molecule has 1 aromatic carbocycles. The van der Waals surface area contributed by atoms with Crippen LogP contribution in [0.25, 0.3) is 0 Å². The maximum atomic E-state index is 11.5. The second-order valence-corrected chi connectivity index (χ2v) is 5.18. The normalized spacial score (nSPS) is 23.2. The van der Waals surface area contributed by atoms with E-state index in [1.807, 2.05) is 18.2 Å². The van der Waals surface area contributed by atoms with Crippen LogP contribution in [0.1, 0.15) is 41.6 Å². The van der Waals surface area contributed by atoms with Gasteiger partial charge in [0.05, 0.1) is 0 Å². The second-order valence-electron chi connectivity index (χ2n) is 5.18. The van der Waals surface area contributed by atoms with Crippen molar-refractivity contribution < 1.29 is 9.18 Å². The summed E-state index contributed by atoms with van der Waals surface area (Å²) in [7, 11) is 0. The van der Waals surface area contributed by atoms with Crippen LogP contribution in [0.5, 0.6) is 0 Å². The van der Waals surface area contributed by atoms with E-state index in [9.17, 15) is 9.18 Å². The van der Waals surface area contributed by atoms with Crippen LogP contribution in [-0.2, 0) is 5.41 Å². The van der Waals surface area contributed by atoms with Gasteiger partial charge in [0.25, 0.3) is 5.91 Å². The molecule has 1 heterocycles. The monoisotopic (exact) mass is 233 g/mol. The Hall–Kier alpha value is -1.38. The minimum absolute atomic E-state index is 0.0909. The average Bonchev–Trinajstić information content (AvgIpc) is 3.25. The van der Waals surface area contributed by atoms with Gasteiger partial charge in [-0.1, -0.05) is 18.2 Å².